The molecule has 4 amide bonds. The van der Waals surface area contributed by atoms with Crippen LogP contribution in [0.1, 0.15) is 91.0 Å². The molecule has 46 heavy (non-hydrogen) atoms. The molecule has 0 spiro atoms. The van der Waals surface area contributed by atoms with Crippen molar-refractivity contribution in [3.8, 4) is 0 Å². The smallest absolute Gasteiger partial charge is 0.410 e. The van der Waals surface area contributed by atoms with Gasteiger partial charge in [-0.25, -0.2) is 14.4 Å². The van der Waals surface area contributed by atoms with Crippen molar-refractivity contribution in [1.82, 2.24) is 20.4 Å². The summed E-state index contributed by atoms with van der Waals surface area (Å²) in [5, 5.41) is 5.58. The van der Waals surface area contributed by atoms with Gasteiger partial charge in [0.05, 0.1) is 13.0 Å². The first-order chi connectivity index (χ1) is 21.9. The standard InChI is InChI=1S/C34H52N4O8/c1-5-6-21-44-31(41)28(36-32(42)45-24-26-11-8-7-9-12-26)22-30(40)38-18-10-13-27(23-38)35-29(39)15-14-25-16-19-37(20-17-25)33(43)46-34(2,3)4/h7-9,11-12,25,27-28H,5-6,10,13-24H2,1-4H3,(H,35,39)(H,36,42)/t27?,28-/m0/s1. The lowest BCUT2D eigenvalue weighted by Crippen LogP contribution is -2.52. The summed E-state index contributed by atoms with van der Waals surface area (Å²) in [5.74, 6) is -0.697. The van der Waals surface area contributed by atoms with Crippen molar-refractivity contribution in [2.45, 2.75) is 110 Å². The average molecular weight is 645 g/mol. The Balaban J connectivity index is 1.44. The molecular weight excluding hydrogens is 592 g/mol. The Morgan fingerprint density at radius 3 is 2.35 bits per heavy atom. The van der Waals surface area contributed by atoms with Crippen LogP contribution in [0.4, 0.5) is 9.59 Å². The Bertz CT molecular complexity index is 1150. The van der Waals surface area contributed by atoms with E-state index in [9.17, 15) is 24.0 Å². The van der Waals surface area contributed by atoms with Gasteiger partial charge >= 0.3 is 18.2 Å². The first-order valence-electron chi connectivity index (χ1n) is 16.6. The van der Waals surface area contributed by atoms with Crippen LogP contribution in [0.2, 0.25) is 0 Å². The van der Waals surface area contributed by atoms with Crippen LogP contribution in [-0.2, 0) is 35.2 Å². The molecule has 0 aromatic heterocycles. The molecule has 2 fully saturated rings. The fourth-order valence-electron chi connectivity index (χ4n) is 5.51. The second-order valence-corrected chi connectivity index (χ2v) is 13.2. The first kappa shape index (κ1) is 36.6. The summed E-state index contributed by atoms with van der Waals surface area (Å²) in [6, 6.07) is 7.76. The van der Waals surface area contributed by atoms with E-state index in [0.29, 0.717) is 51.4 Å². The number of carbonyl (C=O) groups excluding carboxylic acids is 5. The molecule has 2 atom stereocenters. The molecule has 2 aliphatic rings. The predicted molar refractivity (Wildman–Crippen MR) is 172 cm³/mol. The molecule has 0 radical (unpaired) electrons. The molecule has 2 aliphatic heterocycles. The highest BCUT2D eigenvalue weighted by Crippen LogP contribution is 2.23. The topological polar surface area (TPSA) is 144 Å². The number of rotatable bonds is 13. The number of piperidine rings is 2. The van der Waals surface area contributed by atoms with Crippen molar-refractivity contribution in [3.05, 3.63) is 35.9 Å². The van der Waals surface area contributed by atoms with E-state index < -0.39 is 23.7 Å². The third-order valence-electron chi connectivity index (χ3n) is 8.10. The number of hydrogen-bond donors (Lipinski definition) is 2. The number of ether oxygens (including phenoxy) is 3. The van der Waals surface area contributed by atoms with E-state index in [1.54, 1.807) is 9.80 Å². The van der Waals surface area contributed by atoms with E-state index in [1.807, 2.05) is 58.0 Å². The van der Waals surface area contributed by atoms with Crippen LogP contribution in [0.3, 0.4) is 0 Å². The summed E-state index contributed by atoms with van der Waals surface area (Å²) in [6.07, 6.45) is 4.35. The zero-order valence-electron chi connectivity index (χ0n) is 27.9. The number of carbonyl (C=O) groups is 5. The minimum atomic E-state index is -1.19. The Morgan fingerprint density at radius 2 is 1.67 bits per heavy atom. The molecule has 2 saturated heterocycles. The molecule has 12 nitrogen and oxygen atoms in total. The van der Waals surface area contributed by atoms with Gasteiger partial charge in [-0.1, -0.05) is 43.7 Å². The van der Waals surface area contributed by atoms with Crippen LogP contribution in [-0.4, -0.2) is 90.2 Å². The molecule has 0 saturated carbocycles. The molecule has 0 bridgehead atoms. The molecular formula is C34H52N4O8. The second-order valence-electron chi connectivity index (χ2n) is 13.2. The Labute approximate surface area is 272 Å². The number of unbranched alkanes of at least 4 members (excludes halogenated alkanes) is 1. The lowest BCUT2D eigenvalue weighted by molar-refractivity contribution is -0.149. The molecule has 3 rings (SSSR count). The van der Waals surface area contributed by atoms with Crippen LogP contribution in [0, 0.1) is 5.92 Å². The lowest BCUT2D eigenvalue weighted by atomic mass is 9.92. The van der Waals surface area contributed by atoms with Gasteiger partial charge < -0.3 is 34.6 Å². The van der Waals surface area contributed by atoms with Crippen molar-refractivity contribution >= 4 is 30.0 Å². The molecule has 1 aromatic rings. The number of amides is 4. The average Bonchev–Trinajstić information content (AvgIpc) is 3.02. The van der Waals surface area contributed by atoms with Gasteiger partial charge in [0.1, 0.15) is 18.2 Å². The molecule has 0 aliphatic carbocycles. The fourth-order valence-corrected chi connectivity index (χ4v) is 5.51. The van der Waals surface area contributed by atoms with Crippen LogP contribution in [0.25, 0.3) is 0 Å². The third kappa shape index (κ3) is 13.3. The van der Waals surface area contributed by atoms with Crippen molar-refractivity contribution in [2.24, 2.45) is 5.92 Å². The van der Waals surface area contributed by atoms with E-state index in [0.717, 1.165) is 37.7 Å². The number of benzene rings is 1. The zero-order chi connectivity index (χ0) is 33.5. The van der Waals surface area contributed by atoms with E-state index in [1.165, 1.54) is 0 Å². The molecule has 1 aromatic carbocycles. The summed E-state index contributed by atoms with van der Waals surface area (Å²) in [4.78, 5) is 67.1. The largest absolute Gasteiger partial charge is 0.464 e. The maximum absolute atomic E-state index is 13.3. The van der Waals surface area contributed by atoms with Gasteiger partial charge in [-0.3, -0.25) is 9.59 Å². The van der Waals surface area contributed by atoms with E-state index in [-0.39, 0.29) is 43.6 Å². The molecule has 2 N–H and O–H groups in total. The molecule has 2 heterocycles. The number of likely N-dealkylation sites (tertiary alicyclic amines) is 2. The van der Waals surface area contributed by atoms with Gasteiger partial charge in [0.25, 0.3) is 0 Å². The highest BCUT2D eigenvalue weighted by molar-refractivity contribution is 5.88. The van der Waals surface area contributed by atoms with Gasteiger partial charge in [0.15, 0.2) is 0 Å². The van der Waals surface area contributed by atoms with E-state index in [2.05, 4.69) is 10.6 Å². The van der Waals surface area contributed by atoms with Crippen LogP contribution < -0.4 is 10.6 Å². The fraction of sp³-hybridized carbons (Fsp3) is 0.676. The maximum atomic E-state index is 13.3. The van der Waals surface area contributed by atoms with Gasteiger partial charge in [-0.05, 0) is 70.8 Å². The summed E-state index contributed by atoms with van der Waals surface area (Å²) in [5.41, 5.74) is 0.265. The van der Waals surface area contributed by atoms with Gasteiger partial charge in [0, 0.05) is 38.6 Å². The Kier molecular flexibility index (Phi) is 14.6. The van der Waals surface area contributed by atoms with Crippen LogP contribution in [0.15, 0.2) is 30.3 Å². The number of nitrogens with one attached hydrogen (secondary N) is 2. The normalized spacial score (nSPS) is 17.9. The van der Waals surface area contributed by atoms with Crippen molar-refractivity contribution in [1.29, 1.82) is 0 Å². The summed E-state index contributed by atoms with van der Waals surface area (Å²) in [7, 11) is 0. The summed E-state index contributed by atoms with van der Waals surface area (Å²) in [6.45, 7) is 9.81. The highest BCUT2D eigenvalue weighted by atomic mass is 16.6. The summed E-state index contributed by atoms with van der Waals surface area (Å²) >= 11 is 0. The van der Waals surface area contributed by atoms with Crippen LogP contribution >= 0.6 is 0 Å². The number of esters is 1. The highest BCUT2D eigenvalue weighted by Gasteiger charge is 2.32. The van der Waals surface area contributed by atoms with Gasteiger partial charge in [-0.2, -0.15) is 0 Å². The van der Waals surface area contributed by atoms with Gasteiger partial charge in [0.2, 0.25) is 11.8 Å². The minimum Gasteiger partial charge on any atom is -0.464 e. The van der Waals surface area contributed by atoms with Crippen LogP contribution in [0.5, 0.6) is 0 Å². The SMILES string of the molecule is CCCCOC(=O)[C@H](CC(=O)N1CCCC(NC(=O)CCC2CCN(C(=O)OC(C)(C)C)CC2)C1)NC(=O)OCc1ccccc1. The minimum absolute atomic E-state index is 0.0248. The van der Waals surface area contributed by atoms with E-state index >= 15 is 0 Å². The van der Waals surface area contributed by atoms with Crippen molar-refractivity contribution < 1.29 is 38.2 Å². The van der Waals surface area contributed by atoms with E-state index in [4.69, 9.17) is 14.2 Å². The first-order valence-corrected chi connectivity index (χ1v) is 16.6. The van der Waals surface area contributed by atoms with Crippen molar-refractivity contribution in [2.75, 3.05) is 32.8 Å². The lowest BCUT2D eigenvalue weighted by Gasteiger charge is -2.34. The number of alkyl carbamates (subject to hydrolysis) is 1. The van der Waals surface area contributed by atoms with Crippen molar-refractivity contribution in [3.63, 3.8) is 0 Å². The number of hydrogen-bond acceptors (Lipinski definition) is 8. The maximum Gasteiger partial charge on any atom is 0.410 e. The van der Waals surface area contributed by atoms with Gasteiger partial charge in [-0.15, -0.1) is 0 Å². The number of nitrogens with zero attached hydrogens (tertiary/aromatic N) is 2. The monoisotopic (exact) mass is 644 g/mol. The molecule has 256 valence electrons. The Hall–Kier alpha value is -3.83. The third-order valence-corrected chi connectivity index (χ3v) is 8.10. The molecule has 1 unspecified atom stereocenters. The second kappa shape index (κ2) is 18.3. The quantitative estimate of drug-likeness (QED) is 0.181. The zero-order valence-corrected chi connectivity index (χ0v) is 27.9. The molecule has 12 heteroatoms. The summed E-state index contributed by atoms with van der Waals surface area (Å²) < 4.78 is 16.1. The predicted octanol–water partition coefficient (Wildman–Crippen LogP) is 4.55. The Morgan fingerprint density at radius 1 is 0.957 bits per heavy atom.